The minimum atomic E-state index is -0.589. The molecule has 168 valence electrons. The van der Waals surface area contributed by atoms with Gasteiger partial charge < -0.3 is 5.32 Å². The van der Waals surface area contributed by atoms with Crippen LogP contribution in [0.2, 0.25) is 5.02 Å². The van der Waals surface area contributed by atoms with Crippen LogP contribution in [0.5, 0.6) is 0 Å². The number of halogens is 1. The van der Waals surface area contributed by atoms with Crippen LogP contribution >= 0.6 is 22.9 Å². The number of hydrogen-bond donors (Lipinski definition) is 1. The summed E-state index contributed by atoms with van der Waals surface area (Å²) >= 11 is 7.31. The van der Waals surface area contributed by atoms with Gasteiger partial charge in [-0.3, -0.25) is 14.2 Å². The molecule has 34 heavy (non-hydrogen) atoms. The third-order valence-corrected chi connectivity index (χ3v) is 6.82. The second kappa shape index (κ2) is 9.25. The first-order valence-corrected chi connectivity index (χ1v) is 11.9. The summed E-state index contributed by atoms with van der Waals surface area (Å²) in [5.41, 5.74) is 3.23. The van der Waals surface area contributed by atoms with Crippen molar-refractivity contribution in [1.82, 2.24) is 4.57 Å². The SMILES string of the molecule is CC1=C(C(=O)Nc2ccccc2)[C@H](c2ccccc2)n2c(s/c(=C\c3ccc(Cl)cc3)c2=O)=N1. The van der Waals surface area contributed by atoms with Gasteiger partial charge in [-0.1, -0.05) is 83.6 Å². The quantitative estimate of drug-likeness (QED) is 0.461. The number of allylic oxidation sites excluding steroid dienone is 1. The number of aromatic nitrogens is 1. The highest BCUT2D eigenvalue weighted by molar-refractivity contribution is 7.07. The first kappa shape index (κ1) is 22.1. The molecule has 0 saturated carbocycles. The zero-order valence-electron chi connectivity index (χ0n) is 18.2. The lowest BCUT2D eigenvalue weighted by Gasteiger charge is -2.25. The van der Waals surface area contributed by atoms with Gasteiger partial charge in [-0.2, -0.15) is 0 Å². The van der Waals surface area contributed by atoms with Crippen LogP contribution in [0.3, 0.4) is 0 Å². The van der Waals surface area contributed by atoms with E-state index in [0.717, 1.165) is 11.1 Å². The molecule has 1 aliphatic heterocycles. The van der Waals surface area contributed by atoms with Gasteiger partial charge in [-0.15, -0.1) is 0 Å². The molecule has 0 spiro atoms. The van der Waals surface area contributed by atoms with Gasteiger partial charge in [-0.25, -0.2) is 4.99 Å². The van der Waals surface area contributed by atoms with Gasteiger partial charge in [0.05, 0.1) is 21.8 Å². The summed E-state index contributed by atoms with van der Waals surface area (Å²) in [6.45, 7) is 1.81. The van der Waals surface area contributed by atoms with Crippen LogP contribution in [0.15, 0.2) is 106 Å². The molecule has 1 aromatic heterocycles. The van der Waals surface area contributed by atoms with Gasteiger partial charge in [0.1, 0.15) is 0 Å². The van der Waals surface area contributed by atoms with Crippen molar-refractivity contribution >= 4 is 40.6 Å². The van der Waals surface area contributed by atoms with Gasteiger partial charge in [0.2, 0.25) is 0 Å². The minimum absolute atomic E-state index is 0.190. The summed E-state index contributed by atoms with van der Waals surface area (Å²) < 4.78 is 2.16. The Morgan fingerprint density at radius 3 is 2.32 bits per heavy atom. The first-order valence-electron chi connectivity index (χ1n) is 10.7. The lowest BCUT2D eigenvalue weighted by atomic mass is 9.95. The minimum Gasteiger partial charge on any atom is -0.322 e. The van der Waals surface area contributed by atoms with Gasteiger partial charge in [0, 0.05) is 10.7 Å². The van der Waals surface area contributed by atoms with Crippen molar-refractivity contribution in [1.29, 1.82) is 0 Å². The summed E-state index contributed by atoms with van der Waals surface area (Å²) in [6, 6.07) is 25.5. The zero-order chi connectivity index (χ0) is 23.7. The number of benzene rings is 3. The average molecular weight is 486 g/mol. The molecule has 2 heterocycles. The van der Waals surface area contributed by atoms with Crippen molar-refractivity contribution in [2.45, 2.75) is 13.0 Å². The molecule has 0 bridgehead atoms. The molecule has 1 aliphatic rings. The van der Waals surface area contributed by atoms with E-state index in [-0.39, 0.29) is 11.5 Å². The molecular weight excluding hydrogens is 466 g/mol. The van der Waals surface area contributed by atoms with E-state index in [1.807, 2.05) is 85.8 Å². The van der Waals surface area contributed by atoms with Crippen molar-refractivity contribution in [3.8, 4) is 0 Å². The van der Waals surface area contributed by atoms with E-state index in [9.17, 15) is 9.59 Å². The molecule has 5 nitrogen and oxygen atoms in total. The Morgan fingerprint density at radius 2 is 1.65 bits per heavy atom. The lowest BCUT2D eigenvalue weighted by molar-refractivity contribution is -0.113. The predicted molar refractivity (Wildman–Crippen MR) is 137 cm³/mol. The van der Waals surface area contributed by atoms with E-state index >= 15 is 0 Å². The van der Waals surface area contributed by atoms with Gasteiger partial charge in [0.15, 0.2) is 4.80 Å². The maximum atomic E-state index is 13.6. The molecule has 7 heteroatoms. The molecule has 0 unspecified atom stereocenters. The van der Waals surface area contributed by atoms with E-state index in [0.29, 0.717) is 31.3 Å². The molecule has 1 atom stereocenters. The van der Waals surface area contributed by atoms with E-state index in [2.05, 4.69) is 10.3 Å². The zero-order valence-corrected chi connectivity index (χ0v) is 19.8. The Balaban J connectivity index is 1.66. The first-order chi connectivity index (χ1) is 16.5. The summed E-state index contributed by atoms with van der Waals surface area (Å²) in [5, 5.41) is 3.59. The van der Waals surface area contributed by atoms with Crippen molar-refractivity contribution in [2.75, 3.05) is 5.32 Å². The fourth-order valence-electron chi connectivity index (χ4n) is 3.99. The predicted octanol–water partition coefficient (Wildman–Crippen LogP) is 4.53. The van der Waals surface area contributed by atoms with Gasteiger partial charge >= 0.3 is 0 Å². The van der Waals surface area contributed by atoms with Crippen LogP contribution in [0.1, 0.15) is 24.1 Å². The number of rotatable bonds is 4. The highest BCUT2D eigenvalue weighted by Gasteiger charge is 2.32. The molecule has 4 aromatic rings. The Kier molecular flexibility index (Phi) is 6.01. The number of hydrogen-bond acceptors (Lipinski definition) is 4. The molecule has 0 fully saturated rings. The number of carbonyl (C=O) groups is 1. The van der Waals surface area contributed by atoms with Crippen LogP contribution < -0.4 is 20.2 Å². The van der Waals surface area contributed by atoms with Crippen molar-refractivity contribution in [3.05, 3.63) is 132 Å². The number of para-hydroxylation sites is 1. The van der Waals surface area contributed by atoms with Gasteiger partial charge in [-0.05, 0) is 48.4 Å². The topological polar surface area (TPSA) is 63.5 Å². The van der Waals surface area contributed by atoms with E-state index in [1.54, 1.807) is 16.7 Å². The second-order valence-corrected chi connectivity index (χ2v) is 9.31. The fraction of sp³-hybridized carbons (Fsp3) is 0.0741. The number of thiazole rings is 1. The van der Waals surface area contributed by atoms with E-state index in [4.69, 9.17) is 11.6 Å². The summed E-state index contributed by atoms with van der Waals surface area (Å²) in [7, 11) is 0. The molecule has 5 rings (SSSR count). The molecule has 0 radical (unpaired) electrons. The number of amides is 1. The Bertz CT molecular complexity index is 1570. The molecule has 1 amide bonds. The maximum absolute atomic E-state index is 13.6. The summed E-state index contributed by atoms with van der Waals surface area (Å²) in [4.78, 5) is 32.3. The molecule has 1 N–H and O–H groups in total. The molecule has 0 saturated heterocycles. The largest absolute Gasteiger partial charge is 0.322 e. The van der Waals surface area contributed by atoms with Crippen LogP contribution in [0.25, 0.3) is 6.08 Å². The smallest absolute Gasteiger partial charge is 0.271 e. The number of anilines is 1. The molecular formula is C27H20ClN3O2S. The monoisotopic (exact) mass is 485 g/mol. The Labute approximate surface area is 205 Å². The third-order valence-electron chi connectivity index (χ3n) is 5.58. The van der Waals surface area contributed by atoms with Crippen LogP contribution in [0, 0.1) is 0 Å². The van der Waals surface area contributed by atoms with Crippen molar-refractivity contribution in [2.24, 2.45) is 4.99 Å². The fourth-order valence-corrected chi connectivity index (χ4v) is 5.17. The number of fused-ring (bicyclic) bond motifs is 1. The van der Waals surface area contributed by atoms with Gasteiger partial charge in [0.25, 0.3) is 11.5 Å². The van der Waals surface area contributed by atoms with Crippen LogP contribution in [-0.4, -0.2) is 10.5 Å². The van der Waals surface area contributed by atoms with Crippen LogP contribution in [-0.2, 0) is 4.79 Å². The Hall–Kier alpha value is -3.74. The summed E-state index contributed by atoms with van der Waals surface area (Å²) in [6.07, 6.45) is 1.82. The highest BCUT2D eigenvalue weighted by atomic mass is 35.5. The van der Waals surface area contributed by atoms with Crippen molar-refractivity contribution in [3.63, 3.8) is 0 Å². The summed E-state index contributed by atoms with van der Waals surface area (Å²) in [5.74, 6) is -0.284. The molecule has 3 aromatic carbocycles. The normalized spacial score (nSPS) is 15.6. The number of nitrogens with one attached hydrogen (secondary N) is 1. The average Bonchev–Trinajstić information content (AvgIpc) is 3.15. The number of carbonyl (C=O) groups excluding carboxylic acids is 1. The maximum Gasteiger partial charge on any atom is 0.271 e. The van der Waals surface area contributed by atoms with E-state index in [1.165, 1.54) is 11.3 Å². The van der Waals surface area contributed by atoms with E-state index < -0.39 is 6.04 Å². The standard InChI is InChI=1S/C27H20ClN3O2S/c1-17-23(25(32)30-21-10-6-3-7-11-21)24(19-8-4-2-5-9-19)31-26(33)22(34-27(31)29-17)16-18-12-14-20(28)15-13-18/h2-16,24H,1H3,(H,30,32)/b22-16-/t24-/m0/s1. The lowest BCUT2D eigenvalue weighted by Crippen LogP contribution is -2.40. The number of nitrogens with zero attached hydrogens (tertiary/aromatic N) is 2. The third kappa shape index (κ3) is 4.25. The highest BCUT2D eigenvalue weighted by Crippen LogP contribution is 2.30. The molecule has 0 aliphatic carbocycles. The van der Waals surface area contributed by atoms with Crippen LogP contribution in [0.4, 0.5) is 5.69 Å². The second-order valence-electron chi connectivity index (χ2n) is 7.86. The van der Waals surface area contributed by atoms with Crippen molar-refractivity contribution < 1.29 is 4.79 Å². The Morgan fingerprint density at radius 1 is 1.00 bits per heavy atom.